The van der Waals surface area contributed by atoms with Crippen LogP contribution in [0, 0.1) is 0 Å². The predicted molar refractivity (Wildman–Crippen MR) is 143 cm³/mol. The molecule has 2 aliphatic rings. The van der Waals surface area contributed by atoms with Crippen LogP contribution in [-0.4, -0.2) is 68.7 Å². The number of halogens is 2. The zero-order chi connectivity index (χ0) is 27.2. The SMILES string of the molecule is CCCC(F)(F)c1cnc2c(c1)N(C(=O)CN1C[C@@H](C)NC[C@@H]1Cn1cc3ncccc3c1O)CC2(C)C. The normalized spacial score (nSPS) is 21.7. The summed E-state index contributed by atoms with van der Waals surface area (Å²) in [5.74, 6) is -2.98. The lowest BCUT2D eigenvalue weighted by atomic mass is 9.91. The molecule has 8 nitrogen and oxygen atoms in total. The van der Waals surface area contributed by atoms with Gasteiger partial charge in [0.05, 0.1) is 28.8 Å². The summed E-state index contributed by atoms with van der Waals surface area (Å²) in [6.45, 7) is 10.1. The number of nitrogens with zero attached hydrogens (tertiary/aromatic N) is 5. The van der Waals surface area contributed by atoms with Crippen molar-refractivity contribution in [2.75, 3.05) is 31.1 Å². The van der Waals surface area contributed by atoms with Crippen molar-refractivity contribution in [3.05, 3.63) is 48.0 Å². The van der Waals surface area contributed by atoms with Crippen molar-refractivity contribution in [2.24, 2.45) is 0 Å². The molecule has 2 aliphatic heterocycles. The summed E-state index contributed by atoms with van der Waals surface area (Å²) in [4.78, 5) is 26.2. The van der Waals surface area contributed by atoms with E-state index in [0.29, 0.717) is 54.9 Å². The van der Waals surface area contributed by atoms with Gasteiger partial charge in [0.15, 0.2) is 0 Å². The molecule has 1 amide bonds. The molecule has 10 heteroatoms. The lowest BCUT2D eigenvalue weighted by molar-refractivity contribution is -0.120. The Balaban J connectivity index is 1.39. The van der Waals surface area contributed by atoms with E-state index < -0.39 is 11.3 Å². The van der Waals surface area contributed by atoms with Crippen LogP contribution < -0.4 is 10.2 Å². The summed E-state index contributed by atoms with van der Waals surface area (Å²) in [5.41, 5.74) is 1.27. The third kappa shape index (κ3) is 4.87. The van der Waals surface area contributed by atoms with E-state index in [1.165, 1.54) is 12.3 Å². The minimum atomic E-state index is -2.99. The van der Waals surface area contributed by atoms with Crippen LogP contribution in [0.1, 0.15) is 51.8 Å². The summed E-state index contributed by atoms with van der Waals surface area (Å²) >= 11 is 0. The number of nitrogens with one attached hydrogen (secondary N) is 1. The number of fused-ring (bicyclic) bond motifs is 2. The molecule has 204 valence electrons. The Morgan fingerprint density at radius 1 is 1.32 bits per heavy atom. The lowest BCUT2D eigenvalue weighted by Crippen LogP contribution is -2.59. The average molecular weight is 527 g/mol. The number of carbonyl (C=O) groups excluding carboxylic acids is 1. The second-order valence-electron chi connectivity index (χ2n) is 11.3. The van der Waals surface area contributed by atoms with Gasteiger partial charge in [-0.1, -0.05) is 27.2 Å². The van der Waals surface area contributed by atoms with Gasteiger partial charge in [-0.25, -0.2) is 8.78 Å². The van der Waals surface area contributed by atoms with E-state index >= 15 is 0 Å². The molecule has 2 atom stereocenters. The fourth-order valence-corrected chi connectivity index (χ4v) is 5.72. The van der Waals surface area contributed by atoms with Crippen molar-refractivity contribution < 1.29 is 18.7 Å². The standard InChI is InChI=1S/C28H36F2N6O2/c1-5-8-28(29,30)19-10-23-25(33-11-19)27(3,4)17-36(23)24(37)16-34-13-18(2)32-12-20(34)14-35-15-22-21(26(35)38)7-6-9-31-22/h6-7,9-11,15,18,20,32,38H,5,8,12-14,16-17H2,1-4H3/t18-,20-/m1/s1. The van der Waals surface area contributed by atoms with Crippen LogP contribution in [0.3, 0.4) is 0 Å². The van der Waals surface area contributed by atoms with Crippen molar-refractivity contribution in [1.82, 2.24) is 24.8 Å². The topological polar surface area (TPSA) is 86.5 Å². The fourth-order valence-electron chi connectivity index (χ4n) is 5.72. The highest BCUT2D eigenvalue weighted by molar-refractivity contribution is 5.97. The third-order valence-electron chi connectivity index (χ3n) is 7.74. The van der Waals surface area contributed by atoms with Crippen molar-refractivity contribution in [1.29, 1.82) is 0 Å². The smallest absolute Gasteiger partial charge is 0.274 e. The Morgan fingerprint density at radius 3 is 2.84 bits per heavy atom. The largest absolute Gasteiger partial charge is 0.494 e. The molecule has 5 heterocycles. The van der Waals surface area contributed by atoms with E-state index in [4.69, 9.17) is 0 Å². The van der Waals surface area contributed by atoms with Gasteiger partial charge in [0.25, 0.3) is 5.92 Å². The summed E-state index contributed by atoms with van der Waals surface area (Å²) in [5, 5.41) is 14.9. The summed E-state index contributed by atoms with van der Waals surface area (Å²) < 4.78 is 31.3. The maximum Gasteiger partial charge on any atom is 0.274 e. The zero-order valence-electron chi connectivity index (χ0n) is 22.4. The average Bonchev–Trinajstić information content (AvgIpc) is 3.33. The minimum absolute atomic E-state index is 0.0590. The van der Waals surface area contributed by atoms with Crippen molar-refractivity contribution in [3.63, 3.8) is 0 Å². The Hall–Kier alpha value is -3.11. The van der Waals surface area contributed by atoms with Crippen molar-refractivity contribution >= 4 is 22.5 Å². The maximum absolute atomic E-state index is 14.7. The molecular formula is C28H36F2N6O2. The first-order chi connectivity index (χ1) is 18.0. The molecule has 0 bridgehead atoms. The lowest BCUT2D eigenvalue weighted by Gasteiger charge is -2.39. The number of piperazine rings is 1. The Morgan fingerprint density at radius 2 is 2.11 bits per heavy atom. The van der Waals surface area contributed by atoms with Gasteiger partial charge in [0.2, 0.25) is 11.8 Å². The van der Waals surface area contributed by atoms with Gasteiger partial charge >= 0.3 is 0 Å². The highest BCUT2D eigenvalue weighted by Crippen LogP contribution is 2.42. The number of carbonyl (C=O) groups is 1. The van der Waals surface area contributed by atoms with Crippen LogP contribution in [0.25, 0.3) is 10.9 Å². The quantitative estimate of drug-likeness (QED) is 0.484. The van der Waals surface area contributed by atoms with Crippen molar-refractivity contribution in [3.8, 4) is 5.88 Å². The number of alkyl halides is 2. The van der Waals surface area contributed by atoms with E-state index in [0.717, 1.165) is 0 Å². The van der Waals surface area contributed by atoms with Gasteiger partial charge in [-0.3, -0.25) is 19.7 Å². The first kappa shape index (κ1) is 26.5. The molecule has 1 saturated heterocycles. The number of anilines is 1. The Labute approximate surface area is 221 Å². The highest BCUT2D eigenvalue weighted by Gasteiger charge is 2.42. The molecule has 0 unspecified atom stereocenters. The molecule has 0 aromatic carbocycles. The van der Waals surface area contributed by atoms with Gasteiger partial charge < -0.3 is 19.9 Å². The monoisotopic (exact) mass is 526 g/mol. The van der Waals surface area contributed by atoms with Crippen LogP contribution in [0.15, 0.2) is 36.8 Å². The van der Waals surface area contributed by atoms with Crippen LogP contribution in [0.5, 0.6) is 5.88 Å². The first-order valence-corrected chi connectivity index (χ1v) is 13.3. The summed E-state index contributed by atoms with van der Waals surface area (Å²) in [7, 11) is 0. The van der Waals surface area contributed by atoms with Gasteiger partial charge in [0.1, 0.15) is 0 Å². The first-order valence-electron chi connectivity index (χ1n) is 13.3. The third-order valence-corrected chi connectivity index (χ3v) is 7.74. The zero-order valence-corrected chi connectivity index (χ0v) is 22.4. The molecule has 38 heavy (non-hydrogen) atoms. The molecule has 0 spiro atoms. The molecule has 2 N–H and O–H groups in total. The van der Waals surface area contributed by atoms with E-state index in [2.05, 4.69) is 27.1 Å². The number of rotatable bonds is 7. The van der Waals surface area contributed by atoms with E-state index in [-0.39, 0.29) is 42.4 Å². The Bertz CT molecular complexity index is 1340. The van der Waals surface area contributed by atoms with Crippen LogP contribution >= 0.6 is 0 Å². The fraction of sp³-hybridized carbons (Fsp3) is 0.536. The molecular weight excluding hydrogens is 490 g/mol. The van der Waals surface area contributed by atoms with Gasteiger partial charge in [-0.15, -0.1) is 0 Å². The maximum atomic E-state index is 14.7. The van der Waals surface area contributed by atoms with Crippen LogP contribution in [0.2, 0.25) is 0 Å². The molecule has 0 saturated carbocycles. The molecule has 3 aromatic heterocycles. The van der Waals surface area contributed by atoms with Crippen LogP contribution in [0.4, 0.5) is 14.5 Å². The number of hydrogen-bond acceptors (Lipinski definition) is 6. The Kier molecular flexibility index (Phi) is 6.89. The minimum Gasteiger partial charge on any atom is -0.494 e. The van der Waals surface area contributed by atoms with Crippen molar-refractivity contribution in [2.45, 2.75) is 70.5 Å². The van der Waals surface area contributed by atoms with Gasteiger partial charge in [0, 0.05) is 74.3 Å². The molecule has 3 aromatic rings. The second-order valence-corrected chi connectivity index (χ2v) is 11.3. The van der Waals surface area contributed by atoms with Crippen LogP contribution in [-0.2, 0) is 22.7 Å². The van der Waals surface area contributed by atoms with Gasteiger partial charge in [-0.2, -0.15) is 0 Å². The molecule has 1 fully saturated rings. The molecule has 0 aliphatic carbocycles. The highest BCUT2D eigenvalue weighted by atomic mass is 19.3. The molecule has 5 rings (SSSR count). The van der Waals surface area contributed by atoms with E-state index in [1.54, 1.807) is 28.7 Å². The number of aromatic hydroxyl groups is 1. The van der Waals surface area contributed by atoms with Gasteiger partial charge in [-0.05, 0) is 25.1 Å². The summed E-state index contributed by atoms with van der Waals surface area (Å²) in [6.07, 6.45) is 4.87. The number of hydrogen-bond donors (Lipinski definition) is 2. The van der Waals surface area contributed by atoms with E-state index in [9.17, 15) is 18.7 Å². The molecule has 0 radical (unpaired) electrons. The predicted octanol–water partition coefficient (Wildman–Crippen LogP) is 4.02. The second kappa shape index (κ2) is 9.89. The number of amides is 1. The van der Waals surface area contributed by atoms with E-state index in [1.807, 2.05) is 26.1 Å². The number of pyridine rings is 2. The number of aromatic nitrogens is 3. The summed E-state index contributed by atoms with van der Waals surface area (Å²) in [6, 6.07) is 5.20.